The van der Waals surface area contributed by atoms with Crippen molar-refractivity contribution in [2.75, 3.05) is 40.1 Å². The van der Waals surface area contributed by atoms with Crippen molar-refractivity contribution in [2.24, 2.45) is 0 Å². The molecular formula is C14H29N2O6P. The first-order valence-corrected chi connectivity index (χ1v) is 9.85. The van der Waals surface area contributed by atoms with E-state index in [0.29, 0.717) is 32.4 Å². The van der Waals surface area contributed by atoms with E-state index >= 15 is 0 Å². The predicted molar refractivity (Wildman–Crippen MR) is 87.3 cm³/mol. The van der Waals surface area contributed by atoms with Gasteiger partial charge in [-0.05, 0) is 25.7 Å². The van der Waals surface area contributed by atoms with E-state index in [1.165, 1.54) is 0 Å². The summed E-state index contributed by atoms with van der Waals surface area (Å²) in [6.07, 6.45) is 4.26. The van der Waals surface area contributed by atoms with Gasteiger partial charge in [0.1, 0.15) is 0 Å². The fraction of sp³-hybridized carbons (Fsp3) is 0.857. The molecule has 0 fully saturated rings. The van der Waals surface area contributed by atoms with Crippen molar-refractivity contribution in [3.63, 3.8) is 0 Å². The van der Waals surface area contributed by atoms with Gasteiger partial charge in [0.25, 0.3) is 0 Å². The quantitative estimate of drug-likeness (QED) is 0.318. The van der Waals surface area contributed by atoms with Crippen LogP contribution in [0.3, 0.4) is 0 Å². The second kappa shape index (κ2) is 13.5. The standard InChI is InChI=1S/C14H29N2O6P/c1-21-10-6-3-4-8-13(17)16-12-14(18)15-9-5-7-11-22-23(2,19)20/h3-12H2,1-2H3,(H,15,18)(H,16,17)(H,19,20). The average molecular weight is 352 g/mol. The lowest BCUT2D eigenvalue weighted by atomic mass is 10.2. The fourth-order valence-corrected chi connectivity index (χ4v) is 2.20. The van der Waals surface area contributed by atoms with Gasteiger partial charge in [-0.15, -0.1) is 0 Å². The van der Waals surface area contributed by atoms with E-state index in [9.17, 15) is 14.2 Å². The molecule has 3 N–H and O–H groups in total. The number of carbonyl (C=O) groups excluding carboxylic acids is 2. The molecule has 2 amide bonds. The van der Waals surface area contributed by atoms with Crippen molar-refractivity contribution in [1.82, 2.24) is 10.6 Å². The van der Waals surface area contributed by atoms with Crippen LogP contribution in [0.5, 0.6) is 0 Å². The average Bonchev–Trinajstić information content (AvgIpc) is 2.47. The zero-order valence-corrected chi connectivity index (χ0v) is 14.9. The Morgan fingerprint density at radius 2 is 1.70 bits per heavy atom. The molecule has 23 heavy (non-hydrogen) atoms. The van der Waals surface area contributed by atoms with E-state index in [0.717, 1.165) is 25.9 Å². The maximum absolute atomic E-state index is 11.5. The van der Waals surface area contributed by atoms with Gasteiger partial charge in [-0.25, -0.2) is 0 Å². The summed E-state index contributed by atoms with van der Waals surface area (Å²) in [5.74, 6) is -0.380. The smallest absolute Gasteiger partial charge is 0.325 e. The van der Waals surface area contributed by atoms with Gasteiger partial charge in [-0.1, -0.05) is 6.42 Å². The van der Waals surface area contributed by atoms with Crippen LogP contribution in [0.25, 0.3) is 0 Å². The molecule has 0 saturated carbocycles. The van der Waals surface area contributed by atoms with Crippen molar-refractivity contribution >= 4 is 19.4 Å². The summed E-state index contributed by atoms with van der Waals surface area (Å²) < 4.78 is 20.5. The number of carbonyl (C=O) groups is 2. The minimum atomic E-state index is -3.41. The van der Waals surface area contributed by atoms with Gasteiger partial charge in [0, 0.05) is 33.3 Å². The van der Waals surface area contributed by atoms with Crippen LogP contribution < -0.4 is 10.6 Å². The second-order valence-electron chi connectivity index (χ2n) is 5.27. The lowest BCUT2D eigenvalue weighted by Gasteiger charge is -2.08. The predicted octanol–water partition coefficient (Wildman–Crippen LogP) is 1.04. The van der Waals surface area contributed by atoms with E-state index in [1.54, 1.807) is 7.11 Å². The summed E-state index contributed by atoms with van der Waals surface area (Å²) in [7, 11) is -1.77. The SMILES string of the molecule is COCCCCCC(=O)NCC(=O)NCCCCOP(C)(=O)O. The van der Waals surface area contributed by atoms with Crippen LogP contribution in [0.2, 0.25) is 0 Å². The van der Waals surface area contributed by atoms with Gasteiger partial charge < -0.3 is 24.8 Å². The summed E-state index contributed by atoms with van der Waals surface area (Å²) >= 11 is 0. The molecule has 1 atom stereocenters. The molecule has 1 unspecified atom stereocenters. The Kier molecular flexibility index (Phi) is 12.9. The molecule has 0 aromatic carbocycles. The first kappa shape index (κ1) is 22.1. The number of amides is 2. The largest absolute Gasteiger partial charge is 0.385 e. The highest BCUT2D eigenvalue weighted by molar-refractivity contribution is 7.51. The van der Waals surface area contributed by atoms with Gasteiger partial charge >= 0.3 is 7.60 Å². The van der Waals surface area contributed by atoms with Crippen LogP contribution in [-0.4, -0.2) is 56.8 Å². The number of hydrogen-bond donors (Lipinski definition) is 3. The molecule has 0 aromatic rings. The number of rotatable bonds is 14. The van der Waals surface area contributed by atoms with E-state index in [1.807, 2.05) is 0 Å². The summed E-state index contributed by atoms with van der Waals surface area (Å²) in [5, 5.41) is 5.23. The van der Waals surface area contributed by atoms with Crippen LogP contribution in [0.4, 0.5) is 0 Å². The Bertz CT molecular complexity index is 385. The normalized spacial score (nSPS) is 13.3. The molecule has 0 spiro atoms. The number of unbranched alkanes of at least 4 members (excludes halogenated alkanes) is 3. The lowest BCUT2D eigenvalue weighted by molar-refractivity contribution is -0.126. The number of hydrogen-bond acceptors (Lipinski definition) is 5. The molecule has 0 aliphatic heterocycles. The highest BCUT2D eigenvalue weighted by Gasteiger charge is 2.09. The van der Waals surface area contributed by atoms with Gasteiger partial charge in [-0.3, -0.25) is 14.2 Å². The Morgan fingerprint density at radius 3 is 2.35 bits per heavy atom. The molecule has 0 heterocycles. The summed E-state index contributed by atoms with van der Waals surface area (Å²) in [6.45, 7) is 2.42. The van der Waals surface area contributed by atoms with E-state index < -0.39 is 7.60 Å². The Labute approximate surface area is 137 Å². The van der Waals surface area contributed by atoms with Gasteiger partial charge in [0.2, 0.25) is 11.8 Å². The Morgan fingerprint density at radius 1 is 1.00 bits per heavy atom. The first-order chi connectivity index (χ1) is 10.8. The molecule has 0 rings (SSSR count). The molecule has 0 bridgehead atoms. The lowest BCUT2D eigenvalue weighted by Crippen LogP contribution is -2.37. The summed E-state index contributed by atoms with van der Waals surface area (Å²) in [5.41, 5.74) is 0. The molecule has 136 valence electrons. The first-order valence-electron chi connectivity index (χ1n) is 7.82. The summed E-state index contributed by atoms with van der Waals surface area (Å²) in [6, 6.07) is 0. The second-order valence-corrected chi connectivity index (χ2v) is 7.14. The molecule has 9 heteroatoms. The van der Waals surface area contributed by atoms with Crippen molar-refractivity contribution in [3.05, 3.63) is 0 Å². The maximum Gasteiger partial charge on any atom is 0.325 e. The van der Waals surface area contributed by atoms with Gasteiger partial charge in [0.05, 0.1) is 13.2 Å². The van der Waals surface area contributed by atoms with Crippen molar-refractivity contribution in [1.29, 1.82) is 0 Å². The van der Waals surface area contributed by atoms with Crippen LogP contribution >= 0.6 is 7.60 Å². The third-order valence-corrected chi connectivity index (χ3v) is 3.58. The van der Waals surface area contributed by atoms with Crippen LogP contribution in [-0.2, 0) is 23.4 Å². The third-order valence-electron chi connectivity index (χ3n) is 2.92. The van der Waals surface area contributed by atoms with E-state index in [2.05, 4.69) is 10.6 Å². The Balaban J connectivity index is 3.45. The monoisotopic (exact) mass is 352 g/mol. The fourth-order valence-electron chi connectivity index (χ4n) is 1.73. The third kappa shape index (κ3) is 17.2. The van der Waals surface area contributed by atoms with Crippen molar-refractivity contribution in [3.8, 4) is 0 Å². The topological polar surface area (TPSA) is 114 Å². The van der Waals surface area contributed by atoms with Crippen LogP contribution in [0, 0.1) is 0 Å². The van der Waals surface area contributed by atoms with Gasteiger partial charge in [0.15, 0.2) is 0 Å². The molecule has 0 radical (unpaired) electrons. The number of ether oxygens (including phenoxy) is 1. The van der Waals surface area contributed by atoms with E-state index in [-0.39, 0.29) is 25.0 Å². The minimum absolute atomic E-state index is 0.0335. The number of nitrogens with one attached hydrogen (secondary N) is 2. The van der Waals surface area contributed by atoms with Crippen LogP contribution in [0.15, 0.2) is 0 Å². The van der Waals surface area contributed by atoms with Crippen molar-refractivity contribution in [2.45, 2.75) is 38.5 Å². The maximum atomic E-state index is 11.5. The number of methoxy groups -OCH3 is 1. The zero-order valence-electron chi connectivity index (χ0n) is 14.0. The molecule has 0 aliphatic carbocycles. The highest BCUT2D eigenvalue weighted by Crippen LogP contribution is 2.36. The molecular weight excluding hydrogens is 323 g/mol. The van der Waals surface area contributed by atoms with Crippen molar-refractivity contribution < 1.29 is 28.3 Å². The molecule has 0 aliphatic rings. The Hall–Kier alpha value is -0.950. The highest BCUT2D eigenvalue weighted by atomic mass is 31.2. The summed E-state index contributed by atoms with van der Waals surface area (Å²) in [4.78, 5) is 31.9. The van der Waals surface area contributed by atoms with Gasteiger partial charge in [-0.2, -0.15) is 0 Å². The molecule has 8 nitrogen and oxygen atoms in total. The molecule has 0 saturated heterocycles. The minimum Gasteiger partial charge on any atom is -0.385 e. The van der Waals surface area contributed by atoms with Crippen LogP contribution in [0.1, 0.15) is 38.5 Å². The molecule has 0 aromatic heterocycles. The van der Waals surface area contributed by atoms with E-state index in [4.69, 9.17) is 14.2 Å². The zero-order chi connectivity index (χ0) is 17.6.